The molecule has 3 rings (SSSR count). The Morgan fingerprint density at radius 3 is 2.69 bits per heavy atom. The minimum absolute atomic E-state index is 0. The van der Waals surface area contributed by atoms with Crippen LogP contribution in [0.4, 0.5) is 4.39 Å². The fourth-order valence-corrected chi connectivity index (χ4v) is 5.28. The zero-order chi connectivity index (χ0) is 20.6. The quantitative estimate of drug-likeness (QED) is 0.277. The highest BCUT2D eigenvalue weighted by atomic mass is 19.1. The van der Waals surface area contributed by atoms with Crippen molar-refractivity contribution in [3.8, 4) is 12.3 Å². The van der Waals surface area contributed by atoms with Crippen molar-refractivity contribution in [2.24, 2.45) is 17.8 Å². The van der Waals surface area contributed by atoms with E-state index in [-0.39, 0.29) is 19.1 Å². The molecule has 2 heteroatoms. The summed E-state index contributed by atoms with van der Waals surface area (Å²) in [5.41, 5.74) is 2.34. The number of hydrogen-bond donors (Lipinski definition) is 0. The molecule has 29 heavy (non-hydrogen) atoms. The van der Waals surface area contributed by atoms with Crippen LogP contribution in [0.5, 0.6) is 0 Å². The van der Waals surface area contributed by atoms with Crippen LogP contribution in [0.3, 0.4) is 0 Å². The van der Waals surface area contributed by atoms with Crippen molar-refractivity contribution in [3.05, 3.63) is 47.3 Å². The molecule has 2 aliphatic rings. The summed E-state index contributed by atoms with van der Waals surface area (Å²) in [5.74, 6) is 4.58. The summed E-state index contributed by atoms with van der Waals surface area (Å²) in [5, 5.41) is 0. The molecule has 2 aliphatic carbocycles. The zero-order valence-electron chi connectivity index (χ0n) is 17.8. The van der Waals surface area contributed by atoms with Gasteiger partial charge in [-0.25, -0.2) is 4.39 Å². The summed E-state index contributed by atoms with van der Waals surface area (Å²) in [4.78, 5) is 13.0. The first-order valence-corrected chi connectivity index (χ1v) is 11.5. The second-order valence-corrected chi connectivity index (χ2v) is 9.07. The molecule has 0 saturated heterocycles. The molecule has 0 amide bonds. The molecule has 0 spiro atoms. The van der Waals surface area contributed by atoms with Crippen molar-refractivity contribution < 1.29 is 10.6 Å². The van der Waals surface area contributed by atoms with E-state index in [0.717, 1.165) is 50.0 Å². The van der Waals surface area contributed by atoms with Crippen LogP contribution in [0.1, 0.15) is 90.5 Å². The molecule has 1 fully saturated rings. The predicted molar refractivity (Wildman–Crippen MR) is 120 cm³/mol. The largest absolute Gasteiger partial charge is 0.299 e. The number of allylic oxidation sites excluding steroid dienone is 2. The van der Waals surface area contributed by atoms with Crippen LogP contribution in [0.2, 0.25) is 0 Å². The van der Waals surface area contributed by atoms with Crippen molar-refractivity contribution >= 4 is 5.78 Å². The predicted octanol–water partition coefficient (Wildman–Crippen LogP) is 7.47. The summed E-state index contributed by atoms with van der Waals surface area (Å²) in [7, 11) is 0. The van der Waals surface area contributed by atoms with E-state index in [9.17, 15) is 9.18 Å². The SMILES string of the molecule is C#CC(c1ccc(F)cc1)C1CCC=C(CC(=O)[C@@H]2CCCCC(CC)C2)CC1.[HH]. The van der Waals surface area contributed by atoms with Crippen molar-refractivity contribution in [1.29, 1.82) is 0 Å². The van der Waals surface area contributed by atoms with Crippen LogP contribution in [0, 0.1) is 35.9 Å². The van der Waals surface area contributed by atoms with Gasteiger partial charge in [-0.3, -0.25) is 4.79 Å². The lowest BCUT2D eigenvalue weighted by atomic mass is 9.81. The fourth-order valence-electron chi connectivity index (χ4n) is 5.28. The first kappa shape index (κ1) is 21.8. The Balaban J connectivity index is 0.00000320. The number of Topliss-reactive ketones (excluding diaryl/α,β-unsaturated/α-hetero) is 1. The molecule has 0 radical (unpaired) electrons. The normalized spacial score (nSPS) is 26.5. The summed E-state index contributed by atoms with van der Waals surface area (Å²) < 4.78 is 13.3. The maximum Gasteiger partial charge on any atom is 0.140 e. The number of carbonyl (C=O) groups excluding carboxylic acids is 1. The van der Waals surface area contributed by atoms with Gasteiger partial charge in [-0.2, -0.15) is 0 Å². The van der Waals surface area contributed by atoms with Gasteiger partial charge in [-0.05, 0) is 68.1 Å². The van der Waals surface area contributed by atoms with E-state index < -0.39 is 0 Å². The number of ketones is 1. The van der Waals surface area contributed by atoms with Crippen LogP contribution >= 0.6 is 0 Å². The highest BCUT2D eigenvalue weighted by molar-refractivity contribution is 5.83. The number of carbonyl (C=O) groups is 1. The highest BCUT2D eigenvalue weighted by Crippen LogP contribution is 2.37. The van der Waals surface area contributed by atoms with E-state index in [1.165, 1.54) is 43.4 Å². The smallest absolute Gasteiger partial charge is 0.140 e. The third-order valence-electron chi connectivity index (χ3n) is 7.15. The average molecular weight is 397 g/mol. The molecule has 1 saturated carbocycles. The summed E-state index contributed by atoms with van der Waals surface area (Å²) in [6.45, 7) is 2.26. The Kier molecular flexibility index (Phi) is 8.10. The molecule has 3 unspecified atom stereocenters. The lowest BCUT2D eigenvalue weighted by Crippen LogP contribution is -2.17. The third kappa shape index (κ3) is 6.05. The third-order valence-corrected chi connectivity index (χ3v) is 7.15. The topological polar surface area (TPSA) is 17.1 Å². The van der Waals surface area contributed by atoms with Gasteiger partial charge in [-0.15, -0.1) is 6.42 Å². The van der Waals surface area contributed by atoms with Crippen LogP contribution in [-0.4, -0.2) is 5.78 Å². The Morgan fingerprint density at radius 2 is 1.97 bits per heavy atom. The number of benzene rings is 1. The summed E-state index contributed by atoms with van der Waals surface area (Å²) in [6, 6.07) is 6.63. The Labute approximate surface area is 177 Å². The van der Waals surface area contributed by atoms with E-state index in [1.807, 2.05) is 12.1 Å². The Hall–Kier alpha value is -1.88. The molecule has 1 aromatic carbocycles. The highest BCUT2D eigenvalue weighted by Gasteiger charge is 2.27. The van der Waals surface area contributed by atoms with Gasteiger partial charge in [0.05, 0.1) is 0 Å². The fraction of sp³-hybridized carbons (Fsp3) is 0.593. The molecule has 0 N–H and O–H groups in total. The van der Waals surface area contributed by atoms with Crippen LogP contribution in [-0.2, 0) is 4.79 Å². The van der Waals surface area contributed by atoms with E-state index in [1.54, 1.807) is 0 Å². The van der Waals surface area contributed by atoms with Gasteiger partial charge < -0.3 is 0 Å². The Morgan fingerprint density at radius 1 is 1.21 bits per heavy atom. The van der Waals surface area contributed by atoms with Crippen LogP contribution in [0.25, 0.3) is 0 Å². The monoisotopic (exact) mass is 396 g/mol. The molecule has 0 aliphatic heterocycles. The first-order valence-electron chi connectivity index (χ1n) is 11.5. The number of terminal acetylenes is 1. The maximum atomic E-state index is 13.3. The molecule has 1 aromatic rings. The van der Waals surface area contributed by atoms with Crippen molar-refractivity contribution in [1.82, 2.24) is 0 Å². The second kappa shape index (κ2) is 10.8. The van der Waals surface area contributed by atoms with Gasteiger partial charge in [-0.1, -0.05) is 62.3 Å². The number of rotatable bonds is 6. The van der Waals surface area contributed by atoms with Gasteiger partial charge in [0.1, 0.15) is 11.6 Å². The zero-order valence-corrected chi connectivity index (χ0v) is 17.8. The average Bonchev–Trinajstić information content (AvgIpc) is 3.11. The summed E-state index contributed by atoms with van der Waals surface area (Å²) >= 11 is 0. The minimum atomic E-state index is -0.225. The molecular weight excluding hydrogens is 359 g/mol. The molecule has 158 valence electrons. The van der Waals surface area contributed by atoms with Gasteiger partial charge in [0.25, 0.3) is 0 Å². The van der Waals surface area contributed by atoms with Gasteiger partial charge in [0.2, 0.25) is 0 Å². The summed E-state index contributed by atoms with van der Waals surface area (Å²) in [6.07, 6.45) is 19.9. The van der Waals surface area contributed by atoms with E-state index in [0.29, 0.717) is 18.1 Å². The van der Waals surface area contributed by atoms with Gasteiger partial charge in [0.15, 0.2) is 0 Å². The van der Waals surface area contributed by atoms with E-state index in [2.05, 4.69) is 18.9 Å². The molecule has 0 aromatic heterocycles. The van der Waals surface area contributed by atoms with Crippen LogP contribution < -0.4 is 0 Å². The molecule has 1 nitrogen and oxygen atoms in total. The standard InChI is InChI=1S/C27H35FO.H2/c1-3-20-8-5-6-10-24(18-20)27(29)19-21-9-7-11-22(13-12-21)26(4-2)23-14-16-25(28)17-15-23;/h2,9,14-17,20,22,24,26H,3,5-8,10-13,18-19H2,1H3;1H/t20?,22?,24-,26?;/m1./s1. The first-order chi connectivity index (χ1) is 14.1. The lowest BCUT2D eigenvalue weighted by Gasteiger charge is -2.22. The molecular formula is C27H37FO. The van der Waals surface area contributed by atoms with Gasteiger partial charge in [0, 0.05) is 19.7 Å². The van der Waals surface area contributed by atoms with Crippen molar-refractivity contribution in [2.75, 3.05) is 0 Å². The second-order valence-electron chi connectivity index (χ2n) is 9.07. The van der Waals surface area contributed by atoms with Crippen molar-refractivity contribution in [2.45, 2.75) is 83.5 Å². The minimum Gasteiger partial charge on any atom is -0.299 e. The molecule has 0 bridgehead atoms. The van der Waals surface area contributed by atoms with E-state index >= 15 is 0 Å². The van der Waals surface area contributed by atoms with Crippen LogP contribution in [0.15, 0.2) is 35.9 Å². The van der Waals surface area contributed by atoms with Gasteiger partial charge >= 0.3 is 0 Å². The molecule has 0 heterocycles. The number of halogens is 1. The van der Waals surface area contributed by atoms with E-state index in [4.69, 9.17) is 6.42 Å². The van der Waals surface area contributed by atoms with Crippen molar-refractivity contribution in [3.63, 3.8) is 0 Å². The maximum absolute atomic E-state index is 13.3. The Bertz CT molecular complexity index is 745. The number of hydrogen-bond acceptors (Lipinski definition) is 1. The lowest BCUT2D eigenvalue weighted by molar-refractivity contribution is -0.122. The molecule has 4 atom stereocenters.